The number of ether oxygens (including phenoxy) is 1. The van der Waals surface area contributed by atoms with Gasteiger partial charge in [-0.3, -0.25) is 9.78 Å². The number of nitriles is 1. The molecule has 0 aromatic carbocycles. The second-order valence-corrected chi connectivity index (χ2v) is 11.3. The largest absolute Gasteiger partial charge is 0.446 e. The van der Waals surface area contributed by atoms with Crippen molar-refractivity contribution in [2.45, 2.75) is 68.6 Å². The maximum atomic E-state index is 13.4. The minimum Gasteiger partial charge on any atom is -0.446 e. The highest BCUT2D eigenvalue weighted by molar-refractivity contribution is 6.00. The predicted molar refractivity (Wildman–Crippen MR) is 142 cm³/mol. The molecule has 39 heavy (non-hydrogen) atoms. The van der Waals surface area contributed by atoms with E-state index in [4.69, 9.17) is 10.5 Å². The van der Waals surface area contributed by atoms with E-state index in [1.807, 2.05) is 18.2 Å². The Bertz CT molecular complexity index is 1460. The van der Waals surface area contributed by atoms with Crippen LogP contribution in [0.15, 0.2) is 36.7 Å². The molecule has 0 atom stereocenters. The summed E-state index contributed by atoms with van der Waals surface area (Å²) in [4.78, 5) is 28.9. The summed E-state index contributed by atoms with van der Waals surface area (Å²) in [6.07, 6.45) is 8.19. The average Bonchev–Trinajstić information content (AvgIpc) is 3.33. The molecular weight excluding hydrogens is 498 g/mol. The third kappa shape index (κ3) is 4.88. The number of pyridine rings is 1. The Morgan fingerprint density at radius 3 is 2.59 bits per heavy atom. The zero-order valence-electron chi connectivity index (χ0n) is 21.5. The van der Waals surface area contributed by atoms with Gasteiger partial charge in [-0.05, 0) is 81.5 Å². The predicted octanol–water partition coefficient (Wildman–Crippen LogP) is 3.12. The molecule has 11 heteroatoms. The molecule has 0 unspecified atom stereocenters. The number of rotatable bonds is 7. The van der Waals surface area contributed by atoms with Gasteiger partial charge in [0.05, 0.1) is 45.5 Å². The van der Waals surface area contributed by atoms with Crippen LogP contribution in [0.2, 0.25) is 0 Å². The molecule has 5 N–H and O–H groups in total. The number of carbonyl (C=O) groups is 2. The fourth-order valence-corrected chi connectivity index (χ4v) is 6.21. The zero-order chi connectivity index (χ0) is 27.2. The van der Waals surface area contributed by atoms with E-state index in [2.05, 4.69) is 26.8 Å². The van der Waals surface area contributed by atoms with Crippen molar-refractivity contribution in [3.05, 3.63) is 47.8 Å². The maximum absolute atomic E-state index is 13.4. The fraction of sp³-hybridized carbons (Fsp3) is 0.464. The van der Waals surface area contributed by atoms with Gasteiger partial charge in [0.2, 0.25) is 0 Å². The molecule has 11 nitrogen and oxygen atoms in total. The van der Waals surface area contributed by atoms with Crippen LogP contribution in [0.4, 0.5) is 10.5 Å². The Kier molecular flexibility index (Phi) is 6.14. The van der Waals surface area contributed by atoms with Crippen LogP contribution in [0, 0.1) is 17.2 Å². The van der Waals surface area contributed by atoms with Gasteiger partial charge in [0, 0.05) is 18.3 Å². The Balaban J connectivity index is 1.26. The molecule has 3 aromatic rings. The van der Waals surface area contributed by atoms with Crippen molar-refractivity contribution in [1.29, 1.82) is 5.26 Å². The zero-order valence-corrected chi connectivity index (χ0v) is 21.5. The van der Waals surface area contributed by atoms with E-state index in [1.165, 1.54) is 6.20 Å². The van der Waals surface area contributed by atoms with Crippen LogP contribution < -0.4 is 16.4 Å². The highest BCUT2D eigenvalue weighted by Crippen LogP contribution is 2.48. The lowest BCUT2D eigenvalue weighted by atomic mass is 9.63. The summed E-state index contributed by atoms with van der Waals surface area (Å²) in [5, 5.41) is 31.0. The summed E-state index contributed by atoms with van der Waals surface area (Å²) in [6, 6.07) is 9.54. The van der Waals surface area contributed by atoms with Gasteiger partial charge in [0.25, 0.3) is 5.91 Å². The molecule has 0 spiro atoms. The van der Waals surface area contributed by atoms with Crippen molar-refractivity contribution >= 4 is 23.2 Å². The summed E-state index contributed by atoms with van der Waals surface area (Å²) in [5.74, 6) is -0.0153. The van der Waals surface area contributed by atoms with Crippen LogP contribution in [-0.4, -0.2) is 55.5 Å². The van der Waals surface area contributed by atoms with Gasteiger partial charge in [-0.2, -0.15) is 10.4 Å². The van der Waals surface area contributed by atoms with Crippen LogP contribution in [-0.2, 0) is 4.74 Å². The number of fused-ring (bicyclic) bond motifs is 4. The minimum absolute atomic E-state index is 0.187. The van der Waals surface area contributed by atoms with Gasteiger partial charge in [0.1, 0.15) is 12.2 Å². The molecule has 2 bridgehead atoms. The topological polar surface area (TPSA) is 168 Å². The molecule has 4 fully saturated rings. The number of hydrogen-bond acceptors (Lipinski definition) is 8. The molecule has 0 saturated heterocycles. The van der Waals surface area contributed by atoms with E-state index in [0.29, 0.717) is 41.9 Å². The minimum atomic E-state index is -0.774. The first-order valence-corrected chi connectivity index (χ1v) is 13.4. The van der Waals surface area contributed by atoms with Gasteiger partial charge < -0.3 is 26.2 Å². The highest BCUT2D eigenvalue weighted by Gasteiger charge is 2.48. The molecule has 0 aliphatic heterocycles. The number of nitrogens with two attached hydrogens (primary N) is 1. The molecule has 2 amide bonds. The van der Waals surface area contributed by atoms with Gasteiger partial charge in [-0.25, -0.2) is 9.31 Å². The third-order valence-corrected chi connectivity index (χ3v) is 8.67. The van der Waals surface area contributed by atoms with Crippen LogP contribution in [0.5, 0.6) is 0 Å². The number of amides is 2. The lowest BCUT2D eigenvalue weighted by Gasteiger charge is -2.51. The first kappa shape index (κ1) is 25.1. The molecule has 4 aliphatic carbocycles. The van der Waals surface area contributed by atoms with Crippen molar-refractivity contribution < 1.29 is 19.4 Å². The van der Waals surface area contributed by atoms with Gasteiger partial charge in [-0.1, -0.05) is 0 Å². The lowest BCUT2D eigenvalue weighted by molar-refractivity contribution is -0.0580. The van der Waals surface area contributed by atoms with Crippen molar-refractivity contribution in [3.63, 3.8) is 0 Å². The molecule has 0 radical (unpaired) electrons. The summed E-state index contributed by atoms with van der Waals surface area (Å²) in [7, 11) is 0. The number of hydrogen-bond donors (Lipinski definition) is 4. The van der Waals surface area contributed by atoms with Crippen LogP contribution in [0.3, 0.4) is 0 Å². The number of nitrogens with zero attached hydrogens (tertiary/aromatic N) is 4. The smallest absolute Gasteiger partial charge is 0.404 e. The van der Waals surface area contributed by atoms with Gasteiger partial charge >= 0.3 is 6.09 Å². The summed E-state index contributed by atoms with van der Waals surface area (Å²) in [5.41, 5.74) is 8.12. The van der Waals surface area contributed by atoms with Crippen molar-refractivity contribution in [1.82, 2.24) is 19.9 Å². The summed E-state index contributed by atoms with van der Waals surface area (Å²) < 4.78 is 6.73. The molecule has 3 heterocycles. The van der Waals surface area contributed by atoms with E-state index in [9.17, 15) is 20.0 Å². The SMILES string of the molecule is N#Cc1cnn2c(-c3cc(NC45CCC(O)(CC4)CC5)c(C(=O)NC[C@H]4C[C@@H](OC(N)=O)C4)cn3)ccc2c1. The second kappa shape index (κ2) is 9.54. The number of aromatic nitrogens is 3. The van der Waals surface area contributed by atoms with Crippen LogP contribution in [0.25, 0.3) is 16.9 Å². The quantitative estimate of drug-likeness (QED) is 0.362. The number of anilines is 1. The van der Waals surface area contributed by atoms with Crippen molar-refractivity contribution in [2.24, 2.45) is 11.7 Å². The Hall–Kier alpha value is -4.17. The lowest BCUT2D eigenvalue weighted by Crippen LogP contribution is -2.54. The summed E-state index contributed by atoms with van der Waals surface area (Å²) >= 11 is 0. The Morgan fingerprint density at radius 2 is 1.90 bits per heavy atom. The molecule has 4 aliphatic rings. The number of primary amides is 1. The summed E-state index contributed by atoms with van der Waals surface area (Å²) in [6.45, 7) is 0.464. The van der Waals surface area contributed by atoms with Crippen molar-refractivity contribution in [2.75, 3.05) is 11.9 Å². The van der Waals surface area contributed by atoms with Gasteiger partial charge in [0.15, 0.2) is 0 Å². The molecule has 7 rings (SSSR count). The second-order valence-electron chi connectivity index (χ2n) is 11.3. The first-order chi connectivity index (χ1) is 18.7. The Labute approximate surface area is 225 Å². The monoisotopic (exact) mass is 529 g/mol. The first-order valence-electron chi connectivity index (χ1n) is 13.4. The van der Waals surface area contributed by atoms with E-state index in [0.717, 1.165) is 49.7 Å². The Morgan fingerprint density at radius 1 is 1.15 bits per heavy atom. The fourth-order valence-electron chi connectivity index (χ4n) is 6.21. The van der Waals surface area contributed by atoms with Gasteiger partial charge in [-0.15, -0.1) is 0 Å². The molecular formula is C28H31N7O4. The van der Waals surface area contributed by atoms with E-state index in [-0.39, 0.29) is 23.5 Å². The number of aliphatic hydroxyl groups is 1. The van der Waals surface area contributed by atoms with E-state index in [1.54, 1.807) is 16.8 Å². The van der Waals surface area contributed by atoms with Crippen LogP contribution >= 0.6 is 0 Å². The number of nitrogens with one attached hydrogen (secondary N) is 2. The molecule has 4 saturated carbocycles. The van der Waals surface area contributed by atoms with E-state index >= 15 is 0 Å². The van der Waals surface area contributed by atoms with E-state index < -0.39 is 11.7 Å². The third-order valence-electron chi connectivity index (χ3n) is 8.67. The van der Waals surface area contributed by atoms with Crippen LogP contribution in [0.1, 0.15) is 67.3 Å². The normalized spacial score (nSPS) is 27.4. The standard InChI is InChI=1S/C28H31N7O4/c29-13-18-9-19-1-2-24(35(19)33-15-18)23-12-22(34-27-3-6-28(38,7-4-27)8-5-27)21(16-31-23)25(36)32-14-17-10-20(11-17)39-26(30)37/h1-2,9,12,15-17,20,38H,3-8,10-11,14H2,(H2,30,37)(H,31,34)(H,32,36)/t17-,20+,27?,28?. The average molecular weight is 530 g/mol. The van der Waals surface area contributed by atoms with Crippen molar-refractivity contribution in [3.8, 4) is 17.5 Å². The number of carbonyl (C=O) groups excluding carboxylic acids is 2. The molecule has 3 aromatic heterocycles. The highest BCUT2D eigenvalue weighted by atomic mass is 16.6. The maximum Gasteiger partial charge on any atom is 0.404 e. The molecule has 202 valence electrons.